The minimum atomic E-state index is -0.409. The summed E-state index contributed by atoms with van der Waals surface area (Å²) < 4.78 is 0. The maximum absolute atomic E-state index is 11.0. The lowest BCUT2D eigenvalue weighted by molar-refractivity contribution is -0.160. The van der Waals surface area contributed by atoms with Gasteiger partial charge in [0.15, 0.2) is 0 Å². The second-order valence-corrected chi connectivity index (χ2v) is 12.6. The second-order valence-electron chi connectivity index (χ2n) is 12.6. The van der Waals surface area contributed by atoms with Crippen molar-refractivity contribution in [2.24, 2.45) is 35.0 Å². The van der Waals surface area contributed by atoms with Gasteiger partial charge in [-0.1, -0.05) is 20.3 Å². The van der Waals surface area contributed by atoms with Gasteiger partial charge in [-0.15, -0.1) is 0 Å². The van der Waals surface area contributed by atoms with Crippen LogP contribution in [0.4, 0.5) is 0 Å². The number of hydrazine groups is 1. The molecular weight excluding hydrogens is 410 g/mol. The highest BCUT2D eigenvalue weighted by Gasteiger charge is 2.58. The maximum Gasteiger partial charge on any atom is 0.0977 e. The summed E-state index contributed by atoms with van der Waals surface area (Å²) >= 11 is 0. The molecule has 5 heteroatoms. The zero-order valence-corrected chi connectivity index (χ0v) is 21.0. The molecule has 184 valence electrons. The Morgan fingerprint density at radius 2 is 1.91 bits per heavy atom. The van der Waals surface area contributed by atoms with Crippen LogP contribution in [0.2, 0.25) is 0 Å². The fraction of sp³-hybridized carbons (Fsp3) is 0.893. The molecule has 5 rings (SSSR count). The molecule has 4 fully saturated rings. The monoisotopic (exact) mass is 455 g/mol. The van der Waals surface area contributed by atoms with Crippen LogP contribution in [0.1, 0.15) is 91.4 Å². The number of β-amino-alcohol motifs (C(OH)–C–C–N with tert-alkyl or cyclic N) is 1. The van der Waals surface area contributed by atoms with Gasteiger partial charge in [-0.3, -0.25) is 0 Å². The highest BCUT2D eigenvalue weighted by Crippen LogP contribution is 2.63. The van der Waals surface area contributed by atoms with Gasteiger partial charge in [0.05, 0.1) is 36.4 Å². The van der Waals surface area contributed by atoms with E-state index in [0.717, 1.165) is 54.4 Å². The summed E-state index contributed by atoms with van der Waals surface area (Å²) in [7, 11) is 0. The van der Waals surface area contributed by atoms with Crippen molar-refractivity contribution in [2.75, 3.05) is 13.1 Å². The van der Waals surface area contributed by atoms with E-state index >= 15 is 0 Å². The third kappa shape index (κ3) is 4.05. The van der Waals surface area contributed by atoms with Crippen LogP contribution in [0.3, 0.4) is 0 Å². The summed E-state index contributed by atoms with van der Waals surface area (Å²) in [5.41, 5.74) is 0.698. The number of aliphatic hydroxyl groups excluding tert-OH is 1. The van der Waals surface area contributed by atoms with Gasteiger partial charge in [-0.2, -0.15) is 5.26 Å². The van der Waals surface area contributed by atoms with Crippen molar-refractivity contribution in [1.82, 2.24) is 10.0 Å². The molecule has 5 nitrogen and oxygen atoms in total. The molecule has 1 aliphatic heterocycles. The average Bonchev–Trinajstić information content (AvgIpc) is 3.19. The molecule has 0 aromatic heterocycles. The Hall–Kier alpha value is -1.09. The molecule has 2 N–H and O–H groups in total. The van der Waals surface area contributed by atoms with E-state index in [4.69, 9.17) is 0 Å². The minimum absolute atomic E-state index is 0.279. The third-order valence-corrected chi connectivity index (χ3v) is 10.9. The van der Waals surface area contributed by atoms with Crippen LogP contribution in [0.5, 0.6) is 0 Å². The highest BCUT2D eigenvalue weighted by molar-refractivity contribution is 5.26. The predicted octanol–water partition coefficient (Wildman–Crippen LogP) is 4.86. The molecule has 0 aromatic rings. The number of nitriles is 1. The van der Waals surface area contributed by atoms with Gasteiger partial charge in [-0.25, -0.2) is 5.01 Å². The first-order chi connectivity index (χ1) is 15.8. The summed E-state index contributed by atoms with van der Waals surface area (Å²) in [6.45, 7) is 7.83. The zero-order chi connectivity index (χ0) is 23.4. The van der Waals surface area contributed by atoms with Crippen LogP contribution < -0.4 is 0 Å². The molecule has 5 aliphatic rings. The Bertz CT molecular complexity index is 805. The molecule has 0 radical (unpaired) electrons. The van der Waals surface area contributed by atoms with Crippen LogP contribution in [0.15, 0.2) is 11.8 Å². The number of hydrogen-bond donors (Lipinski definition) is 2. The van der Waals surface area contributed by atoms with E-state index in [1.807, 2.05) is 13.1 Å². The Morgan fingerprint density at radius 1 is 1.12 bits per heavy atom. The first-order valence-electron chi connectivity index (χ1n) is 13.8. The van der Waals surface area contributed by atoms with Crippen LogP contribution >= 0.6 is 0 Å². The largest absolute Gasteiger partial charge is 0.392 e. The Balaban J connectivity index is 1.36. The second kappa shape index (κ2) is 8.85. The first kappa shape index (κ1) is 23.6. The molecule has 0 aromatic carbocycles. The molecule has 0 unspecified atom stereocenters. The van der Waals surface area contributed by atoms with E-state index in [0.29, 0.717) is 19.1 Å². The lowest BCUT2D eigenvalue weighted by Crippen LogP contribution is -2.61. The SMILES string of the molecule is CC[C@@]1(O)CC[C@H]2[C@H](CC[C@@H]3[C@@H]2CC[C@]2(C)[C@@H](N4CC(C#N)=CN4C[C@H](C)O)CCC[C@@H]32)C1. The summed E-state index contributed by atoms with van der Waals surface area (Å²) in [6.07, 6.45) is 14.8. The summed E-state index contributed by atoms with van der Waals surface area (Å²) in [6, 6.07) is 2.84. The summed E-state index contributed by atoms with van der Waals surface area (Å²) in [5, 5.41) is 35.3. The molecule has 33 heavy (non-hydrogen) atoms. The van der Waals surface area contributed by atoms with Crippen LogP contribution in [0, 0.1) is 46.3 Å². The molecule has 4 aliphatic carbocycles. The molecule has 0 amide bonds. The highest BCUT2D eigenvalue weighted by atomic mass is 16.3. The van der Waals surface area contributed by atoms with Crippen molar-refractivity contribution >= 4 is 0 Å². The smallest absolute Gasteiger partial charge is 0.0977 e. The van der Waals surface area contributed by atoms with E-state index < -0.39 is 11.7 Å². The first-order valence-corrected chi connectivity index (χ1v) is 13.8. The number of fused-ring (bicyclic) bond motifs is 5. The van der Waals surface area contributed by atoms with Gasteiger partial charge in [-0.05, 0) is 106 Å². The van der Waals surface area contributed by atoms with Gasteiger partial charge in [0, 0.05) is 12.2 Å². The number of hydrogen-bond acceptors (Lipinski definition) is 5. The van der Waals surface area contributed by atoms with Crippen molar-refractivity contribution in [2.45, 2.75) is 109 Å². The fourth-order valence-corrected chi connectivity index (χ4v) is 9.28. The molecule has 0 spiro atoms. The summed E-state index contributed by atoms with van der Waals surface area (Å²) in [5.74, 6) is 4.00. The molecule has 9 atom stereocenters. The average molecular weight is 456 g/mol. The lowest BCUT2D eigenvalue weighted by Gasteiger charge is -2.62. The molecule has 0 saturated heterocycles. The van der Waals surface area contributed by atoms with E-state index in [1.165, 1.54) is 51.4 Å². The van der Waals surface area contributed by atoms with Gasteiger partial charge >= 0.3 is 0 Å². The normalized spacial score (nSPS) is 46.5. The molecule has 4 saturated carbocycles. The summed E-state index contributed by atoms with van der Waals surface area (Å²) in [4.78, 5) is 0. The van der Waals surface area contributed by atoms with E-state index in [-0.39, 0.29) is 5.41 Å². The Labute approximate surface area is 200 Å². The molecule has 0 bridgehead atoms. The Kier molecular flexibility index (Phi) is 6.34. The van der Waals surface area contributed by atoms with Crippen molar-refractivity contribution in [3.8, 4) is 6.07 Å². The lowest BCUT2D eigenvalue weighted by atomic mass is 9.45. The van der Waals surface area contributed by atoms with Crippen LogP contribution in [-0.4, -0.2) is 51.1 Å². The number of nitrogens with zero attached hydrogens (tertiary/aromatic N) is 3. The van der Waals surface area contributed by atoms with E-state index in [9.17, 15) is 15.5 Å². The number of rotatable bonds is 4. The van der Waals surface area contributed by atoms with Crippen molar-refractivity contribution < 1.29 is 10.2 Å². The van der Waals surface area contributed by atoms with Crippen LogP contribution in [-0.2, 0) is 0 Å². The van der Waals surface area contributed by atoms with E-state index in [1.54, 1.807) is 0 Å². The topological polar surface area (TPSA) is 70.7 Å². The van der Waals surface area contributed by atoms with Gasteiger partial charge in [0.1, 0.15) is 0 Å². The van der Waals surface area contributed by atoms with Crippen molar-refractivity contribution in [1.29, 1.82) is 5.26 Å². The number of aliphatic hydroxyl groups is 2. The molecule has 1 heterocycles. The van der Waals surface area contributed by atoms with Crippen molar-refractivity contribution in [3.05, 3.63) is 11.8 Å². The Morgan fingerprint density at radius 3 is 2.64 bits per heavy atom. The fourth-order valence-electron chi connectivity index (χ4n) is 9.28. The maximum atomic E-state index is 11.0. The van der Waals surface area contributed by atoms with Crippen molar-refractivity contribution in [3.63, 3.8) is 0 Å². The predicted molar refractivity (Wildman–Crippen MR) is 130 cm³/mol. The van der Waals surface area contributed by atoms with E-state index in [2.05, 4.69) is 29.9 Å². The zero-order valence-electron chi connectivity index (χ0n) is 21.0. The van der Waals surface area contributed by atoms with Gasteiger partial charge < -0.3 is 15.2 Å². The quantitative estimate of drug-likeness (QED) is 0.633. The standard InChI is InChI=1S/C28H45N3O2/c1-4-28(33)13-11-22-21(14-28)8-9-24-23(22)10-12-27(3)25(24)6-5-7-26(27)31-18-20(15-29)17-30(31)16-19(2)32/h17,19,21-26,32-33H,4-14,16,18H2,1-3H3/t19-,21+,22-,23+,24+,25-,26-,27-,28+/m0/s1. The third-order valence-electron chi connectivity index (χ3n) is 10.9. The van der Waals surface area contributed by atoms with Gasteiger partial charge in [0.2, 0.25) is 0 Å². The molecular formula is C28H45N3O2. The van der Waals surface area contributed by atoms with Gasteiger partial charge in [0.25, 0.3) is 0 Å². The van der Waals surface area contributed by atoms with Crippen LogP contribution in [0.25, 0.3) is 0 Å². The minimum Gasteiger partial charge on any atom is -0.392 e.